The van der Waals surface area contributed by atoms with E-state index in [1.54, 1.807) is 6.07 Å². The van der Waals surface area contributed by atoms with Crippen LogP contribution in [0.25, 0.3) is 0 Å². The van der Waals surface area contributed by atoms with Gasteiger partial charge in [-0.05, 0) is 60.3 Å². The van der Waals surface area contributed by atoms with Crippen molar-refractivity contribution >= 4 is 5.91 Å². The normalized spacial score (nSPS) is 33.6. The maximum atomic E-state index is 13.0. The molecule has 1 amide bonds. The van der Waals surface area contributed by atoms with E-state index in [1.807, 2.05) is 6.07 Å². The Morgan fingerprint density at radius 3 is 2.78 bits per heavy atom. The number of fused-ring (bicyclic) bond motifs is 4. The number of aromatic hydroxyl groups is 1. The van der Waals surface area contributed by atoms with Crippen molar-refractivity contribution in [2.24, 2.45) is 11.8 Å². The highest BCUT2D eigenvalue weighted by molar-refractivity contribution is 5.80. The molecule has 1 aromatic carbocycles. The number of likely N-dealkylation sites (tertiary alicyclic amines) is 1. The molecule has 2 aliphatic carbocycles. The number of piperidine rings is 1. The number of amides is 1. The van der Waals surface area contributed by atoms with E-state index in [0.29, 0.717) is 23.6 Å². The molecular formula is C20H27NO2. The highest BCUT2D eigenvalue weighted by atomic mass is 16.3. The maximum absolute atomic E-state index is 13.0. The zero-order valence-electron chi connectivity index (χ0n) is 14.2. The fourth-order valence-corrected chi connectivity index (χ4v) is 5.29. The van der Waals surface area contributed by atoms with E-state index in [9.17, 15) is 9.90 Å². The predicted molar refractivity (Wildman–Crippen MR) is 90.4 cm³/mol. The second-order valence-electron chi connectivity index (χ2n) is 8.08. The van der Waals surface area contributed by atoms with E-state index in [4.69, 9.17) is 0 Å². The van der Waals surface area contributed by atoms with Crippen LogP contribution in [0.4, 0.5) is 0 Å². The Kier molecular flexibility index (Phi) is 3.44. The van der Waals surface area contributed by atoms with Gasteiger partial charge in [-0.3, -0.25) is 4.79 Å². The van der Waals surface area contributed by atoms with Crippen molar-refractivity contribution in [2.45, 2.75) is 63.8 Å². The summed E-state index contributed by atoms with van der Waals surface area (Å²) in [6, 6.07) is 6.12. The van der Waals surface area contributed by atoms with Gasteiger partial charge in [0.1, 0.15) is 5.75 Å². The lowest BCUT2D eigenvalue weighted by molar-refractivity contribution is -0.143. The molecule has 1 saturated heterocycles. The lowest BCUT2D eigenvalue weighted by atomic mass is 9.59. The Balaban J connectivity index is 1.68. The molecule has 0 spiro atoms. The minimum Gasteiger partial charge on any atom is -0.508 e. The molecule has 2 bridgehead atoms. The van der Waals surface area contributed by atoms with Gasteiger partial charge in [-0.2, -0.15) is 0 Å². The van der Waals surface area contributed by atoms with Gasteiger partial charge in [0.15, 0.2) is 0 Å². The number of phenolic OH excluding ortho intramolecular Hbond substituents is 1. The molecule has 0 unspecified atom stereocenters. The van der Waals surface area contributed by atoms with Crippen LogP contribution in [0.15, 0.2) is 18.2 Å². The van der Waals surface area contributed by atoms with Crippen LogP contribution in [0, 0.1) is 11.8 Å². The molecule has 1 N–H and O–H groups in total. The number of nitrogens with zero attached hydrogens (tertiary/aromatic N) is 1. The summed E-state index contributed by atoms with van der Waals surface area (Å²) in [5.74, 6) is 1.48. The summed E-state index contributed by atoms with van der Waals surface area (Å²) in [6.07, 6.45) is 6.52. The maximum Gasteiger partial charge on any atom is 0.225 e. The molecule has 1 aromatic rings. The van der Waals surface area contributed by atoms with Crippen molar-refractivity contribution < 1.29 is 9.90 Å². The Hall–Kier alpha value is -1.51. The van der Waals surface area contributed by atoms with Crippen LogP contribution < -0.4 is 0 Å². The molecule has 0 aromatic heterocycles. The summed E-state index contributed by atoms with van der Waals surface area (Å²) in [4.78, 5) is 15.2. The fourth-order valence-electron chi connectivity index (χ4n) is 5.29. The Bertz CT molecular complexity index is 635. The minimum absolute atomic E-state index is 0.0729. The minimum atomic E-state index is 0.0729. The first kappa shape index (κ1) is 15.0. The highest BCUT2D eigenvalue weighted by Crippen LogP contribution is 2.49. The van der Waals surface area contributed by atoms with E-state index in [2.05, 4.69) is 24.8 Å². The van der Waals surface area contributed by atoms with Crippen molar-refractivity contribution in [2.75, 3.05) is 6.54 Å². The number of hydrogen-bond donors (Lipinski definition) is 1. The monoisotopic (exact) mass is 313 g/mol. The van der Waals surface area contributed by atoms with Crippen molar-refractivity contribution in [3.63, 3.8) is 0 Å². The molecule has 3 atom stereocenters. The van der Waals surface area contributed by atoms with E-state index < -0.39 is 0 Å². The van der Waals surface area contributed by atoms with Crippen LogP contribution in [-0.4, -0.2) is 28.5 Å². The Morgan fingerprint density at radius 2 is 2.04 bits per heavy atom. The van der Waals surface area contributed by atoms with E-state index in [1.165, 1.54) is 24.0 Å². The summed E-state index contributed by atoms with van der Waals surface area (Å²) in [5.41, 5.74) is 2.69. The van der Waals surface area contributed by atoms with Gasteiger partial charge in [0, 0.05) is 18.5 Å². The number of carbonyl (C=O) groups excluding carboxylic acids is 1. The average molecular weight is 313 g/mol. The largest absolute Gasteiger partial charge is 0.508 e. The summed E-state index contributed by atoms with van der Waals surface area (Å²) in [7, 11) is 0. The SMILES string of the molecule is C[C@H]1[C@H]2Cc3ccc(O)cc3[C@]1(C)CCN2C(=O)C1CCCC1. The number of carbonyl (C=O) groups is 1. The summed E-state index contributed by atoms with van der Waals surface area (Å²) >= 11 is 0. The summed E-state index contributed by atoms with van der Waals surface area (Å²) < 4.78 is 0. The van der Waals surface area contributed by atoms with Gasteiger partial charge in [0.25, 0.3) is 0 Å². The molecule has 1 heterocycles. The molecule has 4 rings (SSSR count). The second kappa shape index (κ2) is 5.25. The van der Waals surface area contributed by atoms with Crippen LogP contribution >= 0.6 is 0 Å². The first-order valence-electron chi connectivity index (χ1n) is 9.13. The Labute approximate surface area is 138 Å². The third-order valence-electron chi connectivity index (χ3n) is 6.98. The second-order valence-corrected chi connectivity index (χ2v) is 8.08. The third kappa shape index (κ3) is 2.20. The van der Waals surface area contributed by atoms with Crippen LogP contribution in [0.1, 0.15) is 57.1 Å². The molecule has 3 heteroatoms. The zero-order chi connectivity index (χ0) is 16.2. The van der Waals surface area contributed by atoms with Crippen LogP contribution in [-0.2, 0) is 16.6 Å². The Morgan fingerprint density at radius 1 is 1.30 bits per heavy atom. The molecular weight excluding hydrogens is 286 g/mol. The molecule has 2 fully saturated rings. The number of benzene rings is 1. The number of phenols is 1. The van der Waals surface area contributed by atoms with Gasteiger partial charge in [0.05, 0.1) is 0 Å². The number of rotatable bonds is 1. The number of hydrogen-bond acceptors (Lipinski definition) is 2. The summed E-state index contributed by atoms with van der Waals surface area (Å²) in [5, 5.41) is 9.91. The van der Waals surface area contributed by atoms with Gasteiger partial charge in [-0.15, -0.1) is 0 Å². The van der Waals surface area contributed by atoms with Crippen molar-refractivity contribution in [3.8, 4) is 5.75 Å². The summed E-state index contributed by atoms with van der Waals surface area (Å²) in [6.45, 7) is 5.49. The molecule has 23 heavy (non-hydrogen) atoms. The smallest absolute Gasteiger partial charge is 0.225 e. The first-order chi connectivity index (χ1) is 11.0. The van der Waals surface area contributed by atoms with Crippen LogP contribution in [0.2, 0.25) is 0 Å². The van der Waals surface area contributed by atoms with Gasteiger partial charge < -0.3 is 10.0 Å². The van der Waals surface area contributed by atoms with Gasteiger partial charge in [-0.1, -0.05) is 32.8 Å². The van der Waals surface area contributed by atoms with Crippen LogP contribution in [0.5, 0.6) is 5.75 Å². The third-order valence-corrected chi connectivity index (χ3v) is 6.98. The fraction of sp³-hybridized carbons (Fsp3) is 0.650. The zero-order valence-corrected chi connectivity index (χ0v) is 14.2. The average Bonchev–Trinajstić information content (AvgIpc) is 3.06. The molecule has 1 aliphatic heterocycles. The lowest BCUT2D eigenvalue weighted by Crippen LogP contribution is -2.60. The molecule has 0 radical (unpaired) electrons. The van der Waals surface area contributed by atoms with Gasteiger partial charge >= 0.3 is 0 Å². The topological polar surface area (TPSA) is 40.5 Å². The van der Waals surface area contributed by atoms with Gasteiger partial charge in [-0.25, -0.2) is 0 Å². The molecule has 1 saturated carbocycles. The van der Waals surface area contributed by atoms with Crippen molar-refractivity contribution in [3.05, 3.63) is 29.3 Å². The van der Waals surface area contributed by atoms with E-state index >= 15 is 0 Å². The predicted octanol–water partition coefficient (Wildman–Crippen LogP) is 3.63. The molecule has 3 nitrogen and oxygen atoms in total. The lowest BCUT2D eigenvalue weighted by Gasteiger charge is -2.55. The van der Waals surface area contributed by atoms with E-state index in [-0.39, 0.29) is 11.3 Å². The molecule has 124 valence electrons. The molecule has 3 aliphatic rings. The van der Waals surface area contributed by atoms with Crippen molar-refractivity contribution in [1.29, 1.82) is 0 Å². The van der Waals surface area contributed by atoms with Crippen LogP contribution in [0.3, 0.4) is 0 Å². The highest BCUT2D eigenvalue weighted by Gasteiger charge is 2.50. The quantitative estimate of drug-likeness (QED) is 0.860. The van der Waals surface area contributed by atoms with Crippen molar-refractivity contribution in [1.82, 2.24) is 4.90 Å². The van der Waals surface area contributed by atoms with E-state index in [0.717, 1.165) is 32.2 Å². The first-order valence-corrected chi connectivity index (χ1v) is 9.13. The van der Waals surface area contributed by atoms with Gasteiger partial charge in [0.2, 0.25) is 5.91 Å². The standard InChI is InChI=1S/C20H27NO2/c1-13-18-11-15-7-8-16(22)12-17(15)20(13,2)9-10-21(18)19(23)14-5-3-4-6-14/h7-8,12-14,18,22H,3-6,9-11H2,1-2H3/t13-,18+,20+/m0/s1.